The van der Waals surface area contributed by atoms with E-state index < -0.39 is 0 Å². The number of aliphatic hydroxyl groups is 1. The van der Waals surface area contributed by atoms with Crippen LogP contribution in [-0.2, 0) is 24.9 Å². The summed E-state index contributed by atoms with van der Waals surface area (Å²) in [7, 11) is 0. The van der Waals surface area contributed by atoms with Gasteiger partial charge in [0.05, 0.1) is 5.52 Å². The first kappa shape index (κ1) is 25.3. The third kappa shape index (κ3) is 5.28. The second-order valence-electron chi connectivity index (χ2n) is 10.3. The van der Waals surface area contributed by atoms with Gasteiger partial charge in [0.2, 0.25) is 0 Å². The normalized spacial score (nSPS) is 20.8. The number of hydrogen-bond donors (Lipinski definition) is 1. The van der Waals surface area contributed by atoms with Crippen molar-refractivity contribution in [2.75, 3.05) is 0 Å². The Morgan fingerprint density at radius 1 is 0.909 bits per heavy atom. The summed E-state index contributed by atoms with van der Waals surface area (Å²) in [5, 5.41) is 11.5. The molecule has 5 rings (SSSR count). The Hall–Kier alpha value is -2.29. The second-order valence-corrected chi connectivity index (χ2v) is 10.3. The molecule has 0 amide bonds. The first-order chi connectivity index (χ1) is 15.2. The molecular formula is C29H32IrNO2-. The zero-order valence-electron chi connectivity index (χ0n) is 19.8. The number of allylic oxidation sites excluding steroid dienone is 2. The first-order valence-corrected chi connectivity index (χ1v) is 11.5. The number of para-hydroxylation sites is 1. The molecule has 1 radical (unpaired) electrons. The van der Waals surface area contributed by atoms with E-state index in [0.29, 0.717) is 11.7 Å². The van der Waals surface area contributed by atoms with E-state index in [2.05, 4.69) is 23.2 Å². The molecule has 1 N–H and O–H groups in total. The van der Waals surface area contributed by atoms with Gasteiger partial charge in [-0.1, -0.05) is 58.0 Å². The van der Waals surface area contributed by atoms with Gasteiger partial charge in [-0.25, -0.2) is 0 Å². The number of hydrogen-bond acceptors (Lipinski definition) is 3. The minimum atomic E-state index is -0.284. The van der Waals surface area contributed by atoms with Crippen LogP contribution in [0.3, 0.4) is 0 Å². The molecule has 3 nitrogen and oxygen atoms in total. The zero-order chi connectivity index (χ0) is 22.9. The van der Waals surface area contributed by atoms with E-state index >= 15 is 0 Å². The van der Waals surface area contributed by atoms with Crippen molar-refractivity contribution in [3.8, 4) is 11.3 Å². The Morgan fingerprint density at radius 2 is 1.58 bits per heavy atom. The van der Waals surface area contributed by atoms with Crippen molar-refractivity contribution < 1.29 is 30.0 Å². The number of carbonyl (C=O) groups is 1. The molecule has 4 heteroatoms. The van der Waals surface area contributed by atoms with Crippen LogP contribution in [0, 0.1) is 22.8 Å². The van der Waals surface area contributed by atoms with Crippen molar-refractivity contribution in [1.82, 2.24) is 4.98 Å². The van der Waals surface area contributed by atoms with Crippen molar-refractivity contribution in [2.24, 2.45) is 16.7 Å². The first-order valence-electron chi connectivity index (χ1n) is 11.5. The van der Waals surface area contributed by atoms with Gasteiger partial charge in [-0.15, -0.1) is 35.9 Å². The summed E-state index contributed by atoms with van der Waals surface area (Å²) >= 11 is 0. The van der Waals surface area contributed by atoms with E-state index in [4.69, 9.17) is 0 Å². The summed E-state index contributed by atoms with van der Waals surface area (Å²) in [5.41, 5.74) is 3.28. The van der Waals surface area contributed by atoms with E-state index in [9.17, 15) is 9.90 Å². The van der Waals surface area contributed by atoms with Crippen LogP contribution in [0.15, 0.2) is 72.0 Å². The molecule has 1 unspecified atom stereocenters. The Kier molecular flexibility index (Phi) is 7.61. The molecule has 0 spiro atoms. The number of pyridine rings is 1. The Balaban J connectivity index is 0.000000180. The van der Waals surface area contributed by atoms with Crippen LogP contribution >= 0.6 is 0 Å². The van der Waals surface area contributed by atoms with Gasteiger partial charge < -0.3 is 5.11 Å². The average molecular weight is 619 g/mol. The molecule has 3 aromatic rings. The van der Waals surface area contributed by atoms with E-state index in [1.54, 1.807) is 0 Å². The Morgan fingerprint density at radius 3 is 2.27 bits per heavy atom. The van der Waals surface area contributed by atoms with E-state index in [-0.39, 0.29) is 36.7 Å². The number of benzene rings is 2. The van der Waals surface area contributed by atoms with Crippen molar-refractivity contribution in [1.29, 1.82) is 0 Å². The van der Waals surface area contributed by atoms with E-state index in [1.807, 2.05) is 76.2 Å². The Labute approximate surface area is 210 Å². The maximum Gasteiger partial charge on any atom is 0.168 e. The molecule has 2 aliphatic carbocycles. The quantitative estimate of drug-likeness (QED) is 0.291. The molecule has 1 heterocycles. The molecule has 33 heavy (non-hydrogen) atoms. The molecular weight excluding hydrogens is 587 g/mol. The van der Waals surface area contributed by atoms with Crippen molar-refractivity contribution in [3.05, 3.63) is 78.1 Å². The topological polar surface area (TPSA) is 50.2 Å². The van der Waals surface area contributed by atoms with Crippen LogP contribution in [0.25, 0.3) is 22.2 Å². The van der Waals surface area contributed by atoms with Gasteiger partial charge in [-0.05, 0) is 48.7 Å². The molecule has 175 valence electrons. The molecule has 1 saturated carbocycles. The largest absolute Gasteiger partial charge is 0.511 e. The summed E-state index contributed by atoms with van der Waals surface area (Å²) in [5.74, 6) is 0.851. The summed E-state index contributed by atoms with van der Waals surface area (Å²) < 4.78 is 0. The predicted molar refractivity (Wildman–Crippen MR) is 130 cm³/mol. The maximum atomic E-state index is 12.4. The number of aromatic nitrogens is 1. The van der Waals surface area contributed by atoms with Crippen molar-refractivity contribution in [2.45, 2.75) is 53.4 Å². The number of ketones is 1. The standard InChI is InChI=1S/C15H10N.C14H22O2.Ir/c1-2-6-12(7-3-1)15-11-10-13-8-4-5-9-14(13)16-15;1-13(2)7-5-9-6-8-14(3,4)12(16)10(9)11(13)15;/h1-6,8-11H;9,15H,5-8H2,1-4H3;/q-1;;. The molecule has 1 atom stereocenters. The van der Waals surface area contributed by atoms with Crippen LogP contribution < -0.4 is 0 Å². The second kappa shape index (κ2) is 9.91. The van der Waals surface area contributed by atoms with Gasteiger partial charge in [-0.2, -0.15) is 0 Å². The molecule has 0 aliphatic heterocycles. The van der Waals surface area contributed by atoms with Gasteiger partial charge in [0.15, 0.2) is 5.78 Å². The van der Waals surface area contributed by atoms with Crippen LogP contribution in [-0.4, -0.2) is 15.9 Å². The predicted octanol–water partition coefficient (Wildman–Crippen LogP) is 7.32. The molecule has 0 bridgehead atoms. The fraction of sp³-hybridized carbons (Fsp3) is 0.379. The van der Waals surface area contributed by atoms with Gasteiger partial charge in [-0.3, -0.25) is 9.78 Å². The summed E-state index contributed by atoms with van der Waals surface area (Å²) in [4.78, 5) is 17.0. The third-order valence-corrected chi connectivity index (χ3v) is 6.98. The molecule has 0 saturated heterocycles. The third-order valence-electron chi connectivity index (χ3n) is 6.98. The average Bonchev–Trinajstić information content (AvgIpc) is 2.79. The number of fused-ring (bicyclic) bond motifs is 2. The van der Waals surface area contributed by atoms with Crippen LogP contribution in [0.2, 0.25) is 0 Å². The summed E-state index contributed by atoms with van der Waals surface area (Å²) in [6, 6.07) is 23.4. The number of nitrogens with zero attached hydrogens (tertiary/aromatic N) is 1. The van der Waals surface area contributed by atoms with Crippen LogP contribution in [0.5, 0.6) is 0 Å². The fourth-order valence-corrected chi connectivity index (χ4v) is 4.72. The Bertz CT molecular complexity index is 1160. The van der Waals surface area contributed by atoms with Crippen molar-refractivity contribution >= 4 is 16.7 Å². The van der Waals surface area contributed by atoms with Gasteiger partial charge in [0.1, 0.15) is 5.76 Å². The van der Waals surface area contributed by atoms with Crippen LogP contribution in [0.4, 0.5) is 0 Å². The monoisotopic (exact) mass is 619 g/mol. The number of aliphatic hydroxyl groups excluding tert-OH is 1. The smallest absolute Gasteiger partial charge is 0.168 e. The fourth-order valence-electron chi connectivity index (χ4n) is 4.72. The molecule has 1 aromatic heterocycles. The molecule has 2 aliphatic rings. The minimum absolute atomic E-state index is 0. The van der Waals surface area contributed by atoms with E-state index in [0.717, 1.165) is 48.0 Å². The number of carbonyl (C=O) groups excluding carboxylic acids is 1. The number of Topliss-reactive ketones (excluding diaryl/α,β-unsaturated/α-hetero) is 1. The number of rotatable bonds is 1. The minimum Gasteiger partial charge on any atom is -0.511 e. The van der Waals surface area contributed by atoms with Gasteiger partial charge in [0.25, 0.3) is 0 Å². The molecule has 1 fully saturated rings. The van der Waals surface area contributed by atoms with Gasteiger partial charge in [0, 0.05) is 36.5 Å². The summed E-state index contributed by atoms with van der Waals surface area (Å²) in [6.45, 7) is 8.04. The van der Waals surface area contributed by atoms with Crippen molar-refractivity contribution in [3.63, 3.8) is 0 Å². The summed E-state index contributed by atoms with van der Waals surface area (Å²) in [6.07, 6.45) is 4.04. The SMILES string of the molecule is CC1(C)CCC2CCC(C)(C)C(O)=C2C1=O.[Ir].[c-]1ccccc1-c1ccc2ccccc2n1. The van der Waals surface area contributed by atoms with Gasteiger partial charge >= 0.3 is 0 Å². The zero-order valence-corrected chi connectivity index (χ0v) is 22.2. The van der Waals surface area contributed by atoms with E-state index in [1.165, 1.54) is 5.39 Å². The van der Waals surface area contributed by atoms with Crippen LogP contribution in [0.1, 0.15) is 53.4 Å². The molecule has 2 aromatic carbocycles. The maximum absolute atomic E-state index is 12.4.